The molecule has 0 aromatic rings. The number of aldehydes is 1. The highest BCUT2D eigenvalue weighted by atomic mass is 16.1. The summed E-state index contributed by atoms with van der Waals surface area (Å²) in [6.45, 7) is 7.27. The number of rotatable bonds is 1. The Kier molecular flexibility index (Phi) is 1.98. The molecule has 0 unspecified atom stereocenters. The first-order chi connectivity index (χ1) is 7.52. The quantitative estimate of drug-likeness (QED) is 0.615. The van der Waals surface area contributed by atoms with E-state index in [4.69, 9.17) is 0 Å². The van der Waals surface area contributed by atoms with Crippen LogP contribution in [0.3, 0.4) is 0 Å². The van der Waals surface area contributed by atoms with Gasteiger partial charge < -0.3 is 0 Å². The summed E-state index contributed by atoms with van der Waals surface area (Å²) in [5.41, 5.74) is 2.05. The summed E-state index contributed by atoms with van der Waals surface area (Å²) >= 11 is 0. The number of fused-ring (bicyclic) bond motifs is 2. The van der Waals surface area contributed by atoms with Crippen LogP contribution in [0.4, 0.5) is 0 Å². The van der Waals surface area contributed by atoms with Crippen LogP contribution in [0.15, 0.2) is 11.6 Å². The molecule has 2 saturated carbocycles. The van der Waals surface area contributed by atoms with Crippen molar-refractivity contribution >= 4 is 6.29 Å². The minimum Gasteiger partial charge on any atom is -0.298 e. The third-order valence-corrected chi connectivity index (χ3v) is 5.99. The highest BCUT2D eigenvalue weighted by Crippen LogP contribution is 2.75. The largest absolute Gasteiger partial charge is 0.298 e. The molecule has 2 fully saturated rings. The van der Waals surface area contributed by atoms with Crippen LogP contribution in [0.1, 0.15) is 46.5 Å². The summed E-state index contributed by atoms with van der Waals surface area (Å²) in [6, 6.07) is 0. The molecule has 4 atom stereocenters. The molecule has 1 nitrogen and oxygen atoms in total. The molecule has 0 radical (unpaired) electrons. The van der Waals surface area contributed by atoms with E-state index in [-0.39, 0.29) is 0 Å². The Bertz CT molecular complexity index is 366. The van der Waals surface area contributed by atoms with E-state index in [9.17, 15) is 4.79 Å². The molecule has 0 amide bonds. The van der Waals surface area contributed by atoms with E-state index in [1.807, 2.05) is 0 Å². The summed E-state index contributed by atoms with van der Waals surface area (Å²) in [6.07, 6.45) is 8.29. The number of hydrogen-bond donors (Lipinski definition) is 0. The number of hydrogen-bond acceptors (Lipinski definition) is 1. The minimum atomic E-state index is 0.447. The van der Waals surface area contributed by atoms with Crippen LogP contribution < -0.4 is 0 Å². The predicted molar refractivity (Wildman–Crippen MR) is 65.0 cm³/mol. The summed E-state index contributed by atoms with van der Waals surface area (Å²) in [7, 11) is 0. The van der Waals surface area contributed by atoms with Crippen molar-refractivity contribution in [1.29, 1.82) is 0 Å². The molecular formula is C15H22O. The Morgan fingerprint density at radius 1 is 1.38 bits per heavy atom. The molecule has 3 aliphatic rings. The van der Waals surface area contributed by atoms with E-state index in [1.165, 1.54) is 12.8 Å². The van der Waals surface area contributed by atoms with Gasteiger partial charge in [-0.15, -0.1) is 0 Å². The third-order valence-electron chi connectivity index (χ3n) is 5.99. The van der Waals surface area contributed by atoms with Gasteiger partial charge in [-0.25, -0.2) is 0 Å². The lowest BCUT2D eigenvalue weighted by atomic mass is 9.64. The van der Waals surface area contributed by atoms with Gasteiger partial charge in [-0.1, -0.05) is 26.8 Å². The lowest BCUT2D eigenvalue weighted by Crippen LogP contribution is -2.33. The van der Waals surface area contributed by atoms with Gasteiger partial charge in [0.25, 0.3) is 0 Å². The van der Waals surface area contributed by atoms with Gasteiger partial charge in [0, 0.05) is 0 Å². The molecule has 88 valence electrons. The summed E-state index contributed by atoms with van der Waals surface area (Å²) in [4.78, 5) is 11.0. The molecule has 3 aliphatic carbocycles. The average Bonchev–Trinajstić information content (AvgIpc) is 2.64. The highest BCUT2D eigenvalue weighted by molar-refractivity contribution is 5.74. The highest BCUT2D eigenvalue weighted by Gasteiger charge is 2.69. The van der Waals surface area contributed by atoms with Crippen LogP contribution in [0.5, 0.6) is 0 Å². The lowest BCUT2D eigenvalue weighted by molar-refractivity contribution is -0.105. The topological polar surface area (TPSA) is 17.1 Å². The fraction of sp³-hybridized carbons (Fsp3) is 0.800. The van der Waals surface area contributed by atoms with Gasteiger partial charge in [0.15, 0.2) is 0 Å². The van der Waals surface area contributed by atoms with Crippen molar-refractivity contribution < 1.29 is 4.79 Å². The van der Waals surface area contributed by atoms with Gasteiger partial charge in [0.05, 0.1) is 0 Å². The zero-order valence-electron chi connectivity index (χ0n) is 10.6. The smallest absolute Gasteiger partial charge is 0.145 e. The molecule has 0 aromatic heterocycles. The average molecular weight is 218 g/mol. The fourth-order valence-electron chi connectivity index (χ4n) is 5.00. The summed E-state index contributed by atoms with van der Waals surface area (Å²) < 4.78 is 0. The van der Waals surface area contributed by atoms with Gasteiger partial charge in [-0.05, 0) is 59.8 Å². The van der Waals surface area contributed by atoms with Gasteiger partial charge >= 0.3 is 0 Å². The second kappa shape index (κ2) is 3.00. The van der Waals surface area contributed by atoms with Crippen LogP contribution in [-0.4, -0.2) is 6.29 Å². The Morgan fingerprint density at radius 2 is 2.12 bits per heavy atom. The standard InChI is InChI=1S/C15H22O/c1-10-4-5-12-13(14(12,2)3)15(10)7-6-11(8-15)9-16/h6,9-10,12-13H,4-5,7-8H2,1-3H3/t10-,12+,13-,15-/m1/s1. The van der Waals surface area contributed by atoms with Gasteiger partial charge in [-0.2, -0.15) is 0 Å². The molecule has 0 aromatic carbocycles. The second-order valence-corrected chi connectivity index (χ2v) is 6.89. The van der Waals surface area contributed by atoms with Gasteiger partial charge in [-0.3, -0.25) is 4.79 Å². The van der Waals surface area contributed by atoms with E-state index in [0.29, 0.717) is 10.8 Å². The SMILES string of the molecule is C[C@@H]1CC[C@H]2[C@H](C2(C)C)[C@@]12CC=C(C=O)C2. The normalized spacial score (nSPS) is 48.7. The zero-order valence-corrected chi connectivity index (χ0v) is 10.6. The van der Waals surface area contributed by atoms with Crippen LogP contribution in [0, 0.1) is 28.6 Å². The first kappa shape index (κ1) is 10.6. The van der Waals surface area contributed by atoms with Crippen molar-refractivity contribution in [1.82, 2.24) is 0 Å². The predicted octanol–water partition coefficient (Wildman–Crippen LogP) is 3.59. The number of carbonyl (C=O) groups excluding carboxylic acids is 1. The fourth-order valence-corrected chi connectivity index (χ4v) is 5.00. The van der Waals surface area contributed by atoms with Crippen LogP contribution in [0.25, 0.3) is 0 Å². The summed E-state index contributed by atoms with van der Waals surface area (Å²) in [5.74, 6) is 2.60. The number of carbonyl (C=O) groups is 1. The van der Waals surface area contributed by atoms with E-state index >= 15 is 0 Å². The molecule has 0 N–H and O–H groups in total. The van der Waals surface area contributed by atoms with Crippen molar-refractivity contribution in [3.8, 4) is 0 Å². The van der Waals surface area contributed by atoms with Crippen molar-refractivity contribution in [3.63, 3.8) is 0 Å². The van der Waals surface area contributed by atoms with E-state index in [1.54, 1.807) is 0 Å². The molecule has 0 bridgehead atoms. The van der Waals surface area contributed by atoms with Crippen molar-refractivity contribution in [2.75, 3.05) is 0 Å². The minimum absolute atomic E-state index is 0.447. The van der Waals surface area contributed by atoms with Crippen molar-refractivity contribution in [2.24, 2.45) is 28.6 Å². The third kappa shape index (κ3) is 1.10. The van der Waals surface area contributed by atoms with E-state index < -0.39 is 0 Å². The Labute approximate surface area is 98.3 Å². The van der Waals surface area contributed by atoms with Gasteiger partial charge in [0.2, 0.25) is 0 Å². The lowest BCUT2D eigenvalue weighted by Gasteiger charge is -2.40. The summed E-state index contributed by atoms with van der Waals surface area (Å²) in [5, 5.41) is 0. The van der Waals surface area contributed by atoms with Gasteiger partial charge in [0.1, 0.15) is 6.29 Å². The maximum Gasteiger partial charge on any atom is 0.145 e. The molecular weight excluding hydrogens is 196 g/mol. The van der Waals surface area contributed by atoms with E-state index in [2.05, 4.69) is 26.8 Å². The van der Waals surface area contributed by atoms with Crippen LogP contribution in [-0.2, 0) is 4.79 Å². The molecule has 3 rings (SSSR count). The molecule has 0 aliphatic heterocycles. The van der Waals surface area contributed by atoms with Crippen LogP contribution >= 0.6 is 0 Å². The number of allylic oxidation sites excluding steroid dienone is 2. The molecule has 16 heavy (non-hydrogen) atoms. The van der Waals surface area contributed by atoms with Crippen molar-refractivity contribution in [3.05, 3.63) is 11.6 Å². The second-order valence-electron chi connectivity index (χ2n) is 6.89. The maximum atomic E-state index is 11.0. The maximum absolute atomic E-state index is 11.0. The molecule has 0 saturated heterocycles. The first-order valence-corrected chi connectivity index (χ1v) is 6.66. The van der Waals surface area contributed by atoms with Crippen molar-refractivity contribution in [2.45, 2.75) is 46.5 Å². The Morgan fingerprint density at radius 3 is 2.75 bits per heavy atom. The zero-order chi connectivity index (χ0) is 11.6. The molecule has 0 heterocycles. The Hall–Kier alpha value is -0.590. The van der Waals surface area contributed by atoms with Crippen LogP contribution in [0.2, 0.25) is 0 Å². The first-order valence-electron chi connectivity index (χ1n) is 6.66. The Balaban J connectivity index is 1.92. The molecule has 1 spiro atoms. The molecule has 1 heteroatoms. The van der Waals surface area contributed by atoms with E-state index in [0.717, 1.165) is 42.5 Å². The monoisotopic (exact) mass is 218 g/mol.